The summed E-state index contributed by atoms with van der Waals surface area (Å²) in [5, 5.41) is 7.26. The van der Waals surface area contributed by atoms with Gasteiger partial charge in [-0.05, 0) is 18.9 Å². The molecule has 0 radical (unpaired) electrons. The largest absolute Gasteiger partial charge is 0.492 e. The minimum Gasteiger partial charge on any atom is -0.492 e. The molecule has 8 heteroatoms. The summed E-state index contributed by atoms with van der Waals surface area (Å²) in [4.78, 5) is 22.6. The van der Waals surface area contributed by atoms with Crippen LogP contribution < -0.4 is 10.3 Å². The van der Waals surface area contributed by atoms with Crippen molar-refractivity contribution in [3.63, 3.8) is 0 Å². The van der Waals surface area contributed by atoms with Crippen molar-refractivity contribution in [3.8, 4) is 5.75 Å². The molecule has 1 aliphatic carbocycles. The van der Waals surface area contributed by atoms with E-state index in [0.717, 1.165) is 62.7 Å². The van der Waals surface area contributed by atoms with Crippen LogP contribution in [-0.4, -0.2) is 64.5 Å². The van der Waals surface area contributed by atoms with Gasteiger partial charge < -0.3 is 14.5 Å². The van der Waals surface area contributed by atoms with E-state index in [2.05, 4.69) is 20.1 Å². The van der Waals surface area contributed by atoms with E-state index in [1.54, 1.807) is 0 Å². The van der Waals surface area contributed by atoms with Gasteiger partial charge in [-0.25, -0.2) is 4.98 Å². The highest BCUT2D eigenvalue weighted by Crippen LogP contribution is 2.37. The second-order valence-corrected chi connectivity index (χ2v) is 8.06. The number of benzene rings is 1. The number of aromatic nitrogens is 4. The van der Waals surface area contributed by atoms with Crippen LogP contribution in [0.15, 0.2) is 29.1 Å². The van der Waals surface area contributed by atoms with E-state index in [-0.39, 0.29) is 5.56 Å². The second kappa shape index (κ2) is 8.57. The maximum atomic E-state index is 12.6. The third-order valence-electron chi connectivity index (χ3n) is 6.09. The third-order valence-corrected chi connectivity index (χ3v) is 6.09. The van der Waals surface area contributed by atoms with Crippen LogP contribution in [0.1, 0.15) is 42.3 Å². The Balaban J connectivity index is 1.33. The first-order valence-corrected chi connectivity index (χ1v) is 10.8. The van der Waals surface area contributed by atoms with Gasteiger partial charge in [-0.15, -0.1) is 0 Å². The normalized spacial score (nSPS) is 17.9. The summed E-state index contributed by atoms with van der Waals surface area (Å²) in [7, 11) is 0. The van der Waals surface area contributed by atoms with Crippen molar-refractivity contribution in [3.05, 3.63) is 51.7 Å². The molecule has 2 fully saturated rings. The van der Waals surface area contributed by atoms with Gasteiger partial charge in [0.05, 0.1) is 18.9 Å². The summed E-state index contributed by atoms with van der Waals surface area (Å²) in [6, 6.07) is 7.95. The Bertz CT molecular complexity index is 1070. The first-order valence-electron chi connectivity index (χ1n) is 10.8. The fraction of sp³-hybridized carbons (Fsp3) is 0.500. The number of rotatable bonds is 7. The van der Waals surface area contributed by atoms with E-state index in [1.807, 2.05) is 24.3 Å². The Morgan fingerprint density at radius 2 is 2.03 bits per heavy atom. The SMILES string of the molecule is O=c1[nH]c(Cc2ccccc2OCCN2CCOCC2)nc2c(C3CCC3)n[nH]c12. The van der Waals surface area contributed by atoms with E-state index in [1.165, 1.54) is 6.42 Å². The fourth-order valence-corrected chi connectivity index (χ4v) is 4.11. The molecule has 3 aromatic rings. The third kappa shape index (κ3) is 3.97. The predicted molar refractivity (Wildman–Crippen MR) is 113 cm³/mol. The van der Waals surface area contributed by atoms with Gasteiger partial charge in [-0.3, -0.25) is 14.8 Å². The van der Waals surface area contributed by atoms with Crippen LogP contribution in [-0.2, 0) is 11.2 Å². The zero-order chi connectivity index (χ0) is 20.3. The predicted octanol–water partition coefficient (Wildman–Crippen LogP) is 2.22. The highest BCUT2D eigenvalue weighted by Gasteiger charge is 2.26. The summed E-state index contributed by atoms with van der Waals surface area (Å²) in [6.07, 6.45) is 3.95. The number of H-pyrrole nitrogens is 2. The number of para-hydroxylation sites is 1. The molecule has 1 saturated heterocycles. The zero-order valence-corrected chi connectivity index (χ0v) is 17.0. The zero-order valence-electron chi connectivity index (χ0n) is 17.0. The molecule has 0 spiro atoms. The first kappa shape index (κ1) is 19.3. The average Bonchev–Trinajstić information content (AvgIpc) is 3.13. The highest BCUT2D eigenvalue weighted by atomic mass is 16.5. The topological polar surface area (TPSA) is 96.1 Å². The number of morpholine rings is 1. The molecule has 30 heavy (non-hydrogen) atoms. The molecule has 1 aliphatic heterocycles. The minimum atomic E-state index is -0.168. The van der Waals surface area contributed by atoms with Gasteiger partial charge in [0.1, 0.15) is 29.2 Å². The lowest BCUT2D eigenvalue weighted by molar-refractivity contribution is 0.0322. The summed E-state index contributed by atoms with van der Waals surface area (Å²) in [5.74, 6) is 1.88. The molecule has 8 nitrogen and oxygen atoms in total. The lowest BCUT2D eigenvalue weighted by Gasteiger charge is -2.26. The smallest absolute Gasteiger partial charge is 0.276 e. The molecule has 0 amide bonds. The van der Waals surface area contributed by atoms with Gasteiger partial charge >= 0.3 is 0 Å². The average molecular weight is 409 g/mol. The lowest BCUT2D eigenvalue weighted by Crippen LogP contribution is -2.38. The van der Waals surface area contributed by atoms with E-state index in [0.29, 0.717) is 35.8 Å². The van der Waals surface area contributed by atoms with Crippen molar-refractivity contribution in [2.24, 2.45) is 0 Å². The van der Waals surface area contributed by atoms with Crippen LogP contribution in [0.4, 0.5) is 0 Å². The standard InChI is InChI=1S/C22H27N5O3/c28-22-21-20(19(25-26-21)15-5-3-6-15)23-18(24-22)14-16-4-1-2-7-17(16)30-13-10-27-8-11-29-12-9-27/h1-2,4,7,15H,3,5-6,8-14H2,(H,25,26)(H,23,24,28). The summed E-state index contributed by atoms with van der Waals surface area (Å²) >= 11 is 0. The maximum absolute atomic E-state index is 12.6. The van der Waals surface area contributed by atoms with Crippen molar-refractivity contribution in [1.29, 1.82) is 0 Å². The van der Waals surface area contributed by atoms with Crippen molar-refractivity contribution < 1.29 is 9.47 Å². The number of nitrogens with zero attached hydrogens (tertiary/aromatic N) is 3. The van der Waals surface area contributed by atoms with Gasteiger partial charge in [0, 0.05) is 37.5 Å². The summed E-state index contributed by atoms with van der Waals surface area (Å²) < 4.78 is 11.5. The monoisotopic (exact) mass is 409 g/mol. The number of hydrogen-bond acceptors (Lipinski definition) is 6. The molecule has 158 valence electrons. The lowest BCUT2D eigenvalue weighted by atomic mass is 9.82. The Labute approximate surface area is 174 Å². The Morgan fingerprint density at radius 1 is 1.20 bits per heavy atom. The number of nitrogens with one attached hydrogen (secondary N) is 2. The Morgan fingerprint density at radius 3 is 2.83 bits per heavy atom. The van der Waals surface area contributed by atoms with Crippen LogP contribution in [0.5, 0.6) is 5.75 Å². The number of fused-ring (bicyclic) bond motifs is 1. The minimum absolute atomic E-state index is 0.168. The molecule has 0 unspecified atom stereocenters. The second-order valence-electron chi connectivity index (χ2n) is 8.06. The van der Waals surface area contributed by atoms with Crippen LogP contribution in [0.25, 0.3) is 11.0 Å². The van der Waals surface area contributed by atoms with Crippen molar-refractivity contribution in [2.45, 2.75) is 31.6 Å². The van der Waals surface area contributed by atoms with Gasteiger partial charge in [-0.2, -0.15) is 5.10 Å². The molecular weight excluding hydrogens is 382 g/mol. The van der Waals surface area contributed by atoms with Gasteiger partial charge in [0.15, 0.2) is 0 Å². The van der Waals surface area contributed by atoms with E-state index in [9.17, 15) is 4.79 Å². The maximum Gasteiger partial charge on any atom is 0.276 e. The van der Waals surface area contributed by atoms with Crippen LogP contribution in [0.2, 0.25) is 0 Å². The van der Waals surface area contributed by atoms with E-state index < -0.39 is 0 Å². The molecule has 1 saturated carbocycles. The van der Waals surface area contributed by atoms with Gasteiger partial charge in [-0.1, -0.05) is 24.6 Å². The first-order chi connectivity index (χ1) is 14.8. The summed E-state index contributed by atoms with van der Waals surface area (Å²) in [5.41, 5.74) is 2.95. The Hall–Kier alpha value is -2.71. The van der Waals surface area contributed by atoms with Gasteiger partial charge in [0.25, 0.3) is 5.56 Å². The molecule has 3 heterocycles. The molecule has 2 N–H and O–H groups in total. The fourth-order valence-electron chi connectivity index (χ4n) is 4.11. The molecule has 1 aromatic carbocycles. The van der Waals surface area contributed by atoms with E-state index in [4.69, 9.17) is 14.5 Å². The molecule has 0 atom stereocenters. The van der Waals surface area contributed by atoms with Crippen LogP contribution in [0.3, 0.4) is 0 Å². The van der Waals surface area contributed by atoms with Crippen LogP contribution in [0, 0.1) is 0 Å². The van der Waals surface area contributed by atoms with Crippen molar-refractivity contribution in [1.82, 2.24) is 25.1 Å². The van der Waals surface area contributed by atoms with E-state index >= 15 is 0 Å². The molecule has 2 aromatic heterocycles. The quantitative estimate of drug-likeness (QED) is 0.621. The van der Waals surface area contributed by atoms with Crippen LogP contribution >= 0.6 is 0 Å². The van der Waals surface area contributed by atoms with Crippen molar-refractivity contribution in [2.75, 3.05) is 39.5 Å². The number of hydrogen-bond donors (Lipinski definition) is 2. The van der Waals surface area contributed by atoms with Crippen molar-refractivity contribution >= 4 is 11.0 Å². The highest BCUT2D eigenvalue weighted by molar-refractivity contribution is 5.76. The molecule has 2 aliphatic rings. The number of ether oxygens (including phenoxy) is 2. The summed E-state index contributed by atoms with van der Waals surface area (Å²) in [6.45, 7) is 4.96. The molecular formula is C22H27N5O3. The van der Waals surface area contributed by atoms with Gasteiger partial charge in [0.2, 0.25) is 0 Å². The Kier molecular flexibility index (Phi) is 5.50. The molecule has 0 bridgehead atoms. The molecule has 5 rings (SSSR count). The number of aromatic amines is 2.